The van der Waals surface area contributed by atoms with Crippen LogP contribution in [-0.2, 0) is 9.59 Å². The van der Waals surface area contributed by atoms with Gasteiger partial charge in [-0.15, -0.1) is 0 Å². The van der Waals surface area contributed by atoms with E-state index in [-0.39, 0.29) is 24.9 Å². The Morgan fingerprint density at radius 1 is 1.29 bits per heavy atom. The fraction of sp³-hybridized carbons (Fsp3) is 0.400. The lowest BCUT2D eigenvalue weighted by atomic mass is 10.2. The molecule has 0 aliphatic heterocycles. The van der Waals surface area contributed by atoms with Gasteiger partial charge in [0.15, 0.2) is 13.1 Å². The van der Waals surface area contributed by atoms with Crippen LogP contribution in [0.5, 0.6) is 0 Å². The Bertz CT molecular complexity index is 537. The molecule has 0 fully saturated rings. The zero-order valence-electron chi connectivity index (χ0n) is 12.4. The molecule has 0 aromatic heterocycles. The van der Waals surface area contributed by atoms with E-state index in [1.165, 1.54) is 0 Å². The van der Waals surface area contributed by atoms with E-state index in [1.54, 1.807) is 31.3 Å². The van der Waals surface area contributed by atoms with Crippen molar-refractivity contribution in [1.29, 1.82) is 5.26 Å². The normalized spacial score (nSPS) is 11.3. The van der Waals surface area contributed by atoms with Crippen LogP contribution in [0.3, 0.4) is 0 Å². The third-order valence-corrected chi connectivity index (χ3v) is 2.77. The number of carbonyl (C=O) groups is 2. The third-order valence-electron chi connectivity index (χ3n) is 2.77. The molecule has 0 saturated carbocycles. The summed E-state index contributed by atoms with van der Waals surface area (Å²) >= 11 is 0. The summed E-state index contributed by atoms with van der Waals surface area (Å²) in [5.41, 5.74) is 1.08. The Morgan fingerprint density at radius 3 is 2.67 bits per heavy atom. The van der Waals surface area contributed by atoms with Crippen molar-refractivity contribution in [3.05, 3.63) is 29.8 Å². The Labute approximate surface area is 124 Å². The van der Waals surface area contributed by atoms with Gasteiger partial charge < -0.3 is 15.5 Å². The van der Waals surface area contributed by atoms with Gasteiger partial charge in [0.1, 0.15) is 0 Å². The van der Waals surface area contributed by atoms with Gasteiger partial charge in [0.2, 0.25) is 0 Å². The molecule has 2 amide bonds. The molecule has 1 aromatic rings. The molecule has 6 nitrogen and oxygen atoms in total. The van der Waals surface area contributed by atoms with Crippen LogP contribution in [0, 0.1) is 11.3 Å². The maximum absolute atomic E-state index is 11.9. The maximum atomic E-state index is 11.9. The summed E-state index contributed by atoms with van der Waals surface area (Å²) in [4.78, 5) is 24.2. The maximum Gasteiger partial charge on any atom is 0.279 e. The Kier molecular flexibility index (Phi) is 6.92. The Hall–Kier alpha value is -2.39. The van der Waals surface area contributed by atoms with Crippen LogP contribution in [0.15, 0.2) is 24.3 Å². The first-order valence-corrected chi connectivity index (χ1v) is 6.93. The molecule has 0 aliphatic rings. The van der Waals surface area contributed by atoms with Crippen LogP contribution < -0.4 is 15.5 Å². The first-order valence-electron chi connectivity index (χ1n) is 6.93. The van der Waals surface area contributed by atoms with Gasteiger partial charge >= 0.3 is 0 Å². The number of benzene rings is 1. The highest BCUT2D eigenvalue weighted by Gasteiger charge is 2.13. The van der Waals surface area contributed by atoms with Crippen LogP contribution in [0.4, 0.5) is 5.69 Å². The Balaban J connectivity index is 2.42. The lowest BCUT2D eigenvalue weighted by molar-refractivity contribution is -0.862. The molecule has 1 aromatic carbocycles. The molecule has 1 atom stereocenters. The number of nitrogens with one attached hydrogen (secondary N) is 3. The molecule has 6 heteroatoms. The van der Waals surface area contributed by atoms with E-state index >= 15 is 0 Å². The summed E-state index contributed by atoms with van der Waals surface area (Å²) in [6.07, 6.45) is 0.889. The monoisotopic (exact) mass is 289 g/mol. The quantitative estimate of drug-likeness (QED) is 0.635. The molecular formula is C15H21N4O2+. The number of likely N-dealkylation sites (N-methyl/N-ethyl adjacent to an activating group) is 1. The molecule has 0 spiro atoms. The smallest absolute Gasteiger partial charge is 0.279 e. The largest absolute Gasteiger partial charge is 0.351 e. The van der Waals surface area contributed by atoms with E-state index in [2.05, 4.69) is 10.6 Å². The molecule has 0 radical (unpaired) electrons. The van der Waals surface area contributed by atoms with Crippen molar-refractivity contribution < 1.29 is 14.5 Å². The number of rotatable bonds is 7. The summed E-state index contributed by atoms with van der Waals surface area (Å²) in [6, 6.07) is 8.74. The van der Waals surface area contributed by atoms with Crippen LogP contribution in [-0.4, -0.2) is 38.5 Å². The van der Waals surface area contributed by atoms with Gasteiger partial charge in [0, 0.05) is 12.2 Å². The van der Waals surface area contributed by atoms with E-state index in [0.29, 0.717) is 17.8 Å². The fourth-order valence-corrected chi connectivity index (χ4v) is 1.81. The van der Waals surface area contributed by atoms with Crippen LogP contribution >= 0.6 is 0 Å². The molecule has 0 aliphatic carbocycles. The van der Waals surface area contributed by atoms with Crippen molar-refractivity contribution in [2.75, 3.05) is 32.0 Å². The molecule has 1 rings (SSSR count). The third kappa shape index (κ3) is 6.54. The minimum Gasteiger partial charge on any atom is -0.351 e. The summed E-state index contributed by atoms with van der Waals surface area (Å²) in [5, 5.41) is 14.3. The zero-order chi connectivity index (χ0) is 15.7. The van der Waals surface area contributed by atoms with Gasteiger partial charge in [-0.1, -0.05) is 13.0 Å². The molecular weight excluding hydrogens is 268 g/mol. The number of hydrogen-bond acceptors (Lipinski definition) is 3. The average molecular weight is 289 g/mol. The van der Waals surface area contributed by atoms with Crippen LogP contribution in [0.2, 0.25) is 0 Å². The predicted octanol–water partition coefficient (Wildman–Crippen LogP) is -0.462. The van der Waals surface area contributed by atoms with Gasteiger partial charge in [0.05, 0.1) is 18.7 Å². The van der Waals surface area contributed by atoms with E-state index in [9.17, 15) is 9.59 Å². The first kappa shape index (κ1) is 16.7. The van der Waals surface area contributed by atoms with Gasteiger partial charge in [-0.25, -0.2) is 0 Å². The number of nitrogens with zero attached hydrogens (tertiary/aromatic N) is 1. The Morgan fingerprint density at radius 2 is 2.00 bits per heavy atom. The second kappa shape index (κ2) is 8.72. The zero-order valence-corrected chi connectivity index (χ0v) is 12.4. The number of quaternary nitrogens is 1. The highest BCUT2D eigenvalue weighted by Crippen LogP contribution is 2.08. The molecule has 21 heavy (non-hydrogen) atoms. The standard InChI is InChI=1S/C15H20N4O2/c1-3-7-17-14(20)10-19(2)11-15(21)18-13-6-4-5-12(8-13)9-16/h4-6,8H,3,7,10-11H2,1-2H3,(H,17,20)(H,18,21)/p+1. The average Bonchev–Trinajstić information content (AvgIpc) is 2.44. The molecule has 0 saturated heterocycles. The predicted molar refractivity (Wildman–Crippen MR) is 79.7 cm³/mol. The van der Waals surface area contributed by atoms with Gasteiger partial charge in [0.25, 0.3) is 11.8 Å². The molecule has 0 heterocycles. The van der Waals surface area contributed by atoms with Crippen molar-refractivity contribution in [3.63, 3.8) is 0 Å². The number of hydrogen-bond donors (Lipinski definition) is 3. The summed E-state index contributed by atoms with van der Waals surface area (Å²) < 4.78 is 0. The number of amides is 2. The van der Waals surface area contributed by atoms with E-state index in [4.69, 9.17) is 5.26 Å². The van der Waals surface area contributed by atoms with Crippen molar-refractivity contribution in [2.45, 2.75) is 13.3 Å². The molecule has 1 unspecified atom stereocenters. The van der Waals surface area contributed by atoms with Gasteiger partial charge in [-0.3, -0.25) is 9.59 Å². The van der Waals surface area contributed by atoms with E-state index < -0.39 is 0 Å². The molecule has 0 bridgehead atoms. The van der Waals surface area contributed by atoms with Crippen molar-refractivity contribution in [3.8, 4) is 6.07 Å². The van der Waals surface area contributed by atoms with Crippen molar-refractivity contribution in [2.24, 2.45) is 0 Å². The first-order chi connectivity index (χ1) is 10.0. The fourth-order valence-electron chi connectivity index (χ4n) is 1.81. The molecule has 3 N–H and O–H groups in total. The highest BCUT2D eigenvalue weighted by molar-refractivity contribution is 5.91. The van der Waals surface area contributed by atoms with Crippen LogP contribution in [0.25, 0.3) is 0 Å². The molecule has 112 valence electrons. The minimum absolute atomic E-state index is 0.0615. The van der Waals surface area contributed by atoms with E-state index in [1.807, 2.05) is 13.0 Å². The van der Waals surface area contributed by atoms with Crippen LogP contribution in [0.1, 0.15) is 18.9 Å². The number of nitriles is 1. The van der Waals surface area contributed by atoms with Crippen molar-refractivity contribution in [1.82, 2.24) is 5.32 Å². The van der Waals surface area contributed by atoms with Gasteiger partial charge in [-0.05, 0) is 24.6 Å². The summed E-state index contributed by atoms with van der Waals surface area (Å²) in [7, 11) is 1.79. The van der Waals surface area contributed by atoms with Crippen molar-refractivity contribution >= 4 is 17.5 Å². The number of anilines is 1. The second-order valence-corrected chi connectivity index (χ2v) is 4.90. The lowest BCUT2D eigenvalue weighted by Gasteiger charge is -2.13. The van der Waals surface area contributed by atoms with E-state index in [0.717, 1.165) is 11.3 Å². The highest BCUT2D eigenvalue weighted by atomic mass is 16.2. The SMILES string of the molecule is CCCNC(=O)C[NH+](C)CC(=O)Nc1cccc(C#N)c1. The number of carbonyl (C=O) groups excluding carboxylic acids is 2. The minimum atomic E-state index is -0.189. The second-order valence-electron chi connectivity index (χ2n) is 4.90. The van der Waals surface area contributed by atoms with Gasteiger partial charge in [-0.2, -0.15) is 5.26 Å². The summed E-state index contributed by atoms with van der Waals surface area (Å²) in [5.74, 6) is -0.250. The summed E-state index contributed by atoms with van der Waals surface area (Å²) in [6.45, 7) is 3.08. The lowest BCUT2D eigenvalue weighted by Crippen LogP contribution is -3.11. The topological polar surface area (TPSA) is 86.4 Å².